The Morgan fingerprint density at radius 3 is 1.93 bits per heavy atom. The molecule has 0 saturated heterocycles. The summed E-state index contributed by atoms with van der Waals surface area (Å²) in [5, 5.41) is 9.07. The molecule has 0 spiro atoms. The van der Waals surface area contributed by atoms with E-state index in [1.807, 2.05) is 6.92 Å². The molecule has 0 saturated carbocycles. The van der Waals surface area contributed by atoms with Crippen LogP contribution in [0.3, 0.4) is 0 Å². The molecule has 1 nitrogen and oxygen atoms in total. The van der Waals surface area contributed by atoms with Gasteiger partial charge in [0, 0.05) is 8.07 Å². The topological polar surface area (TPSA) is 20.2 Å². The standard InChI is InChI=1S/C12H28OSi/c1-12(13)10-8-6-5-7-9-11-14(2,3)4/h12-13H,5-11H2,1-4H3. The summed E-state index contributed by atoms with van der Waals surface area (Å²) in [7, 11) is -0.784. The molecule has 0 bridgehead atoms. The molecule has 0 fully saturated rings. The maximum Gasteiger partial charge on any atom is 0.0512 e. The Labute approximate surface area is 90.9 Å². The molecule has 1 atom stereocenters. The van der Waals surface area contributed by atoms with Crippen molar-refractivity contribution < 1.29 is 5.11 Å². The van der Waals surface area contributed by atoms with E-state index in [1.54, 1.807) is 0 Å². The third-order valence-corrected chi connectivity index (χ3v) is 4.40. The summed E-state index contributed by atoms with van der Waals surface area (Å²) in [4.78, 5) is 0. The first kappa shape index (κ1) is 14.2. The minimum Gasteiger partial charge on any atom is -0.393 e. The zero-order chi connectivity index (χ0) is 11.0. The Bertz CT molecular complexity index is 127. The number of hydrogen-bond acceptors (Lipinski definition) is 1. The van der Waals surface area contributed by atoms with E-state index in [4.69, 9.17) is 5.11 Å². The normalized spacial score (nSPS) is 14.4. The monoisotopic (exact) mass is 216 g/mol. The first-order valence-corrected chi connectivity index (χ1v) is 9.80. The summed E-state index contributed by atoms with van der Waals surface area (Å²) in [6.07, 6.45) is 7.55. The van der Waals surface area contributed by atoms with Crippen molar-refractivity contribution in [2.24, 2.45) is 0 Å². The van der Waals surface area contributed by atoms with Gasteiger partial charge in [-0.3, -0.25) is 0 Å². The van der Waals surface area contributed by atoms with Crippen LogP contribution in [0, 0.1) is 0 Å². The van der Waals surface area contributed by atoms with Crippen molar-refractivity contribution in [2.75, 3.05) is 0 Å². The fourth-order valence-electron chi connectivity index (χ4n) is 1.63. The van der Waals surface area contributed by atoms with Crippen molar-refractivity contribution >= 4 is 8.07 Å². The van der Waals surface area contributed by atoms with Gasteiger partial charge in [0.05, 0.1) is 6.10 Å². The van der Waals surface area contributed by atoms with Crippen LogP contribution in [-0.2, 0) is 0 Å². The van der Waals surface area contributed by atoms with E-state index >= 15 is 0 Å². The van der Waals surface area contributed by atoms with Crippen molar-refractivity contribution in [3.05, 3.63) is 0 Å². The Morgan fingerprint density at radius 2 is 1.43 bits per heavy atom. The zero-order valence-electron chi connectivity index (χ0n) is 10.5. The van der Waals surface area contributed by atoms with Crippen molar-refractivity contribution in [1.29, 1.82) is 0 Å². The summed E-state index contributed by atoms with van der Waals surface area (Å²) < 4.78 is 0. The van der Waals surface area contributed by atoms with E-state index in [0.29, 0.717) is 0 Å². The highest BCUT2D eigenvalue weighted by Gasteiger charge is 2.11. The van der Waals surface area contributed by atoms with E-state index in [1.165, 1.54) is 38.1 Å². The average molecular weight is 216 g/mol. The minimum absolute atomic E-state index is 0.100. The molecule has 2 heteroatoms. The van der Waals surface area contributed by atoms with E-state index < -0.39 is 8.07 Å². The van der Waals surface area contributed by atoms with Crippen molar-refractivity contribution in [3.63, 3.8) is 0 Å². The predicted octanol–water partition coefficient (Wildman–Crippen LogP) is 4.05. The van der Waals surface area contributed by atoms with Crippen LogP contribution in [0.2, 0.25) is 25.7 Å². The van der Waals surface area contributed by atoms with Crippen molar-refractivity contribution in [2.45, 2.75) is 77.2 Å². The van der Waals surface area contributed by atoms with E-state index in [0.717, 1.165) is 6.42 Å². The number of unbranched alkanes of at least 4 members (excludes halogenated alkanes) is 4. The first-order valence-electron chi connectivity index (χ1n) is 6.10. The van der Waals surface area contributed by atoms with Crippen LogP contribution in [0.15, 0.2) is 0 Å². The van der Waals surface area contributed by atoms with Crippen LogP contribution in [0.25, 0.3) is 0 Å². The number of hydrogen-bond donors (Lipinski definition) is 1. The molecule has 0 heterocycles. The van der Waals surface area contributed by atoms with Crippen LogP contribution in [0.1, 0.15) is 45.4 Å². The van der Waals surface area contributed by atoms with Crippen molar-refractivity contribution in [1.82, 2.24) is 0 Å². The Hall–Kier alpha value is 0.177. The molecule has 0 aliphatic carbocycles. The fraction of sp³-hybridized carbons (Fsp3) is 1.00. The fourth-order valence-corrected chi connectivity index (χ4v) is 2.94. The van der Waals surface area contributed by atoms with Gasteiger partial charge in [0.25, 0.3) is 0 Å². The van der Waals surface area contributed by atoms with Gasteiger partial charge in [0.15, 0.2) is 0 Å². The SMILES string of the molecule is CC(O)CCCCCCC[Si](C)(C)C. The Morgan fingerprint density at radius 1 is 0.929 bits per heavy atom. The lowest BCUT2D eigenvalue weighted by atomic mass is 10.1. The number of aliphatic hydroxyl groups is 1. The molecule has 0 aliphatic rings. The molecule has 0 aromatic rings. The zero-order valence-corrected chi connectivity index (χ0v) is 11.5. The molecule has 0 aliphatic heterocycles. The lowest BCUT2D eigenvalue weighted by molar-refractivity contribution is 0.180. The van der Waals surface area contributed by atoms with Gasteiger partial charge in [-0.25, -0.2) is 0 Å². The Balaban J connectivity index is 3.07. The van der Waals surface area contributed by atoms with Crippen LogP contribution in [0.4, 0.5) is 0 Å². The molecule has 0 aromatic heterocycles. The summed E-state index contributed by atoms with van der Waals surface area (Å²) in [6.45, 7) is 9.21. The maximum absolute atomic E-state index is 9.07. The van der Waals surface area contributed by atoms with Gasteiger partial charge < -0.3 is 5.11 Å². The van der Waals surface area contributed by atoms with Crippen LogP contribution in [-0.4, -0.2) is 19.3 Å². The summed E-state index contributed by atoms with van der Waals surface area (Å²) in [5.74, 6) is 0. The lowest BCUT2D eigenvalue weighted by Gasteiger charge is -2.14. The predicted molar refractivity (Wildman–Crippen MR) is 67.5 cm³/mol. The highest BCUT2D eigenvalue weighted by atomic mass is 28.3. The molecule has 1 unspecified atom stereocenters. The number of rotatable bonds is 8. The largest absolute Gasteiger partial charge is 0.393 e. The average Bonchev–Trinajstić information content (AvgIpc) is 2.00. The second kappa shape index (κ2) is 7.47. The molecular formula is C12H28OSi. The second-order valence-electron chi connectivity index (χ2n) is 5.72. The molecule has 0 rings (SSSR count). The smallest absolute Gasteiger partial charge is 0.0512 e. The molecule has 14 heavy (non-hydrogen) atoms. The molecule has 0 amide bonds. The van der Waals surface area contributed by atoms with E-state index in [9.17, 15) is 0 Å². The van der Waals surface area contributed by atoms with Gasteiger partial charge in [-0.1, -0.05) is 57.8 Å². The third-order valence-electron chi connectivity index (χ3n) is 2.55. The summed E-state index contributed by atoms with van der Waals surface area (Å²) >= 11 is 0. The van der Waals surface area contributed by atoms with Gasteiger partial charge in [-0.15, -0.1) is 0 Å². The van der Waals surface area contributed by atoms with E-state index in [-0.39, 0.29) is 6.10 Å². The molecule has 86 valence electrons. The lowest BCUT2D eigenvalue weighted by Crippen LogP contribution is -2.18. The van der Waals surface area contributed by atoms with Crippen LogP contribution < -0.4 is 0 Å². The van der Waals surface area contributed by atoms with Gasteiger partial charge in [0.1, 0.15) is 0 Å². The molecular weight excluding hydrogens is 188 g/mol. The minimum atomic E-state index is -0.784. The molecule has 0 aromatic carbocycles. The maximum atomic E-state index is 9.07. The van der Waals surface area contributed by atoms with E-state index in [2.05, 4.69) is 19.6 Å². The number of aliphatic hydroxyl groups excluding tert-OH is 1. The van der Waals surface area contributed by atoms with Crippen LogP contribution >= 0.6 is 0 Å². The van der Waals surface area contributed by atoms with Crippen molar-refractivity contribution in [3.8, 4) is 0 Å². The molecule has 0 radical (unpaired) electrons. The third kappa shape index (κ3) is 12.2. The van der Waals surface area contributed by atoms with Gasteiger partial charge in [-0.2, -0.15) is 0 Å². The van der Waals surface area contributed by atoms with Gasteiger partial charge in [0.2, 0.25) is 0 Å². The molecule has 1 N–H and O–H groups in total. The quantitative estimate of drug-likeness (QED) is 0.479. The highest BCUT2D eigenvalue weighted by molar-refractivity contribution is 6.76. The first-order chi connectivity index (χ1) is 6.42. The Kier molecular flexibility index (Phi) is 7.56. The van der Waals surface area contributed by atoms with Crippen LogP contribution in [0.5, 0.6) is 0 Å². The van der Waals surface area contributed by atoms with Gasteiger partial charge >= 0.3 is 0 Å². The second-order valence-corrected chi connectivity index (χ2v) is 11.3. The summed E-state index contributed by atoms with van der Waals surface area (Å²) in [6, 6.07) is 1.48. The summed E-state index contributed by atoms with van der Waals surface area (Å²) in [5.41, 5.74) is 0. The van der Waals surface area contributed by atoms with Gasteiger partial charge in [-0.05, 0) is 13.3 Å². The highest BCUT2D eigenvalue weighted by Crippen LogP contribution is 2.15.